The summed E-state index contributed by atoms with van der Waals surface area (Å²) < 4.78 is 0. The zero-order valence-corrected chi connectivity index (χ0v) is 10.3. The van der Waals surface area contributed by atoms with Gasteiger partial charge >= 0.3 is 5.97 Å². The average molecular weight is 255 g/mol. The van der Waals surface area contributed by atoms with Crippen molar-refractivity contribution in [3.63, 3.8) is 0 Å². The van der Waals surface area contributed by atoms with E-state index in [1.54, 1.807) is 18.3 Å². The van der Waals surface area contributed by atoms with Crippen molar-refractivity contribution < 1.29 is 9.90 Å². The Hall–Kier alpha value is -2.61. The van der Waals surface area contributed by atoms with E-state index < -0.39 is 5.97 Å². The zero-order valence-electron chi connectivity index (χ0n) is 10.3. The molecule has 1 heterocycles. The normalized spacial score (nSPS) is 10.1. The summed E-state index contributed by atoms with van der Waals surface area (Å²) >= 11 is 0. The largest absolute Gasteiger partial charge is 0.481 e. The Balaban J connectivity index is 2.18. The number of rotatable bonds is 5. The molecule has 0 unspecified atom stereocenters. The fourth-order valence-corrected chi connectivity index (χ4v) is 1.83. The number of nitrogens with one attached hydrogen (secondary N) is 1. The van der Waals surface area contributed by atoms with Gasteiger partial charge in [-0.05, 0) is 30.0 Å². The van der Waals surface area contributed by atoms with Crippen LogP contribution in [0.15, 0.2) is 30.5 Å². The maximum absolute atomic E-state index is 10.4. The summed E-state index contributed by atoms with van der Waals surface area (Å²) in [6.45, 7) is 0.537. The van der Waals surface area contributed by atoms with E-state index in [0.29, 0.717) is 24.3 Å². The van der Waals surface area contributed by atoms with Gasteiger partial charge in [0.25, 0.3) is 0 Å². The Morgan fingerprint density at radius 2 is 2.26 bits per heavy atom. The molecule has 2 aromatic rings. The molecule has 96 valence electrons. The summed E-state index contributed by atoms with van der Waals surface area (Å²) in [7, 11) is 0. The van der Waals surface area contributed by atoms with Crippen molar-refractivity contribution >= 4 is 22.6 Å². The molecule has 1 aromatic heterocycles. The van der Waals surface area contributed by atoms with Gasteiger partial charge in [-0.1, -0.05) is 6.07 Å². The lowest BCUT2D eigenvalue weighted by Gasteiger charge is -2.08. The fraction of sp³-hybridized carbons (Fsp3) is 0.214. The van der Waals surface area contributed by atoms with Crippen LogP contribution in [-0.2, 0) is 4.79 Å². The van der Waals surface area contributed by atoms with Crippen molar-refractivity contribution in [1.29, 1.82) is 5.26 Å². The highest BCUT2D eigenvalue weighted by atomic mass is 16.4. The monoisotopic (exact) mass is 255 g/mol. The van der Waals surface area contributed by atoms with Crippen LogP contribution in [0.2, 0.25) is 0 Å². The zero-order chi connectivity index (χ0) is 13.7. The van der Waals surface area contributed by atoms with Crippen molar-refractivity contribution in [2.75, 3.05) is 11.9 Å². The Bertz CT molecular complexity index is 647. The molecular formula is C14H13N3O2. The van der Waals surface area contributed by atoms with Crippen LogP contribution in [-0.4, -0.2) is 22.6 Å². The highest BCUT2D eigenvalue weighted by Gasteiger charge is 2.03. The molecule has 0 atom stereocenters. The van der Waals surface area contributed by atoms with Crippen LogP contribution in [0, 0.1) is 11.3 Å². The van der Waals surface area contributed by atoms with Crippen LogP contribution in [0.5, 0.6) is 0 Å². The van der Waals surface area contributed by atoms with E-state index in [4.69, 9.17) is 10.4 Å². The molecule has 0 aliphatic carbocycles. The lowest BCUT2D eigenvalue weighted by Crippen LogP contribution is -2.06. The fourth-order valence-electron chi connectivity index (χ4n) is 1.83. The predicted molar refractivity (Wildman–Crippen MR) is 71.8 cm³/mol. The molecule has 5 heteroatoms. The van der Waals surface area contributed by atoms with E-state index in [9.17, 15) is 4.79 Å². The molecule has 5 nitrogen and oxygen atoms in total. The lowest BCUT2D eigenvalue weighted by molar-refractivity contribution is -0.137. The Kier molecular flexibility index (Phi) is 3.94. The van der Waals surface area contributed by atoms with Crippen molar-refractivity contribution in [1.82, 2.24) is 4.98 Å². The van der Waals surface area contributed by atoms with E-state index in [2.05, 4.69) is 16.4 Å². The summed E-state index contributed by atoms with van der Waals surface area (Å²) in [6, 6.07) is 9.38. The summed E-state index contributed by atoms with van der Waals surface area (Å²) in [5.74, 6) is -0.126. The van der Waals surface area contributed by atoms with Gasteiger partial charge in [-0.15, -0.1) is 0 Å². The van der Waals surface area contributed by atoms with Crippen LogP contribution in [0.25, 0.3) is 10.8 Å². The van der Waals surface area contributed by atoms with E-state index in [-0.39, 0.29) is 6.42 Å². The van der Waals surface area contributed by atoms with Gasteiger partial charge in [-0.25, -0.2) is 4.98 Å². The van der Waals surface area contributed by atoms with Gasteiger partial charge in [-0.3, -0.25) is 4.79 Å². The molecule has 0 saturated heterocycles. The van der Waals surface area contributed by atoms with Crippen molar-refractivity contribution in [3.05, 3.63) is 36.0 Å². The minimum atomic E-state index is -0.806. The summed E-state index contributed by atoms with van der Waals surface area (Å²) in [5, 5.41) is 22.5. The minimum Gasteiger partial charge on any atom is -0.481 e. The third kappa shape index (κ3) is 3.19. The smallest absolute Gasteiger partial charge is 0.303 e. The number of carbonyl (C=O) groups is 1. The first kappa shape index (κ1) is 12.8. The summed E-state index contributed by atoms with van der Waals surface area (Å²) in [4.78, 5) is 14.7. The second-order valence-corrected chi connectivity index (χ2v) is 4.13. The van der Waals surface area contributed by atoms with E-state index in [1.165, 1.54) is 0 Å². The summed E-state index contributed by atoms with van der Waals surface area (Å²) in [6.07, 6.45) is 2.35. The van der Waals surface area contributed by atoms with Crippen LogP contribution in [0.1, 0.15) is 18.4 Å². The van der Waals surface area contributed by atoms with Crippen LogP contribution < -0.4 is 5.32 Å². The van der Waals surface area contributed by atoms with Crippen molar-refractivity contribution in [2.45, 2.75) is 12.8 Å². The molecule has 0 amide bonds. The maximum atomic E-state index is 10.4. The number of hydrogen-bond donors (Lipinski definition) is 2. The SMILES string of the molecule is N#Cc1ccc2ccnc(NCCCC(=O)O)c2c1. The first-order valence-corrected chi connectivity index (χ1v) is 5.95. The maximum Gasteiger partial charge on any atom is 0.303 e. The molecule has 1 aromatic carbocycles. The second-order valence-electron chi connectivity index (χ2n) is 4.13. The topological polar surface area (TPSA) is 86.0 Å². The molecule has 0 spiro atoms. The number of carboxylic acid groups (broad SMARTS) is 1. The Morgan fingerprint density at radius 1 is 1.42 bits per heavy atom. The number of pyridine rings is 1. The molecule has 0 radical (unpaired) electrons. The summed E-state index contributed by atoms with van der Waals surface area (Å²) in [5.41, 5.74) is 0.578. The van der Waals surface area contributed by atoms with Gasteiger partial charge in [0.05, 0.1) is 11.6 Å². The Labute approximate surface area is 110 Å². The van der Waals surface area contributed by atoms with Gasteiger partial charge in [0.2, 0.25) is 0 Å². The van der Waals surface area contributed by atoms with Gasteiger partial charge < -0.3 is 10.4 Å². The molecule has 0 bridgehead atoms. The average Bonchev–Trinajstić information content (AvgIpc) is 2.43. The lowest BCUT2D eigenvalue weighted by atomic mass is 10.1. The van der Waals surface area contributed by atoms with Gasteiger partial charge in [-0.2, -0.15) is 5.26 Å². The molecule has 0 aliphatic rings. The molecule has 2 rings (SSSR count). The van der Waals surface area contributed by atoms with Crippen molar-refractivity contribution in [3.8, 4) is 6.07 Å². The number of benzene rings is 1. The predicted octanol–water partition coefficient (Wildman–Crippen LogP) is 2.38. The third-order valence-corrected chi connectivity index (χ3v) is 2.76. The first-order chi connectivity index (χ1) is 9.20. The number of aliphatic carboxylic acids is 1. The van der Waals surface area contributed by atoms with E-state index >= 15 is 0 Å². The van der Waals surface area contributed by atoms with Crippen LogP contribution in [0.4, 0.5) is 5.82 Å². The number of anilines is 1. The van der Waals surface area contributed by atoms with Gasteiger partial charge in [0, 0.05) is 24.5 Å². The molecule has 19 heavy (non-hydrogen) atoms. The van der Waals surface area contributed by atoms with Gasteiger partial charge in [0.15, 0.2) is 0 Å². The van der Waals surface area contributed by atoms with Gasteiger partial charge in [0.1, 0.15) is 5.82 Å². The highest BCUT2D eigenvalue weighted by molar-refractivity contribution is 5.92. The first-order valence-electron chi connectivity index (χ1n) is 5.95. The number of nitriles is 1. The number of fused-ring (bicyclic) bond motifs is 1. The molecule has 0 saturated carbocycles. The number of hydrogen-bond acceptors (Lipinski definition) is 4. The molecular weight excluding hydrogens is 242 g/mol. The van der Waals surface area contributed by atoms with Crippen LogP contribution >= 0.6 is 0 Å². The quantitative estimate of drug-likeness (QED) is 0.801. The minimum absolute atomic E-state index is 0.126. The highest BCUT2D eigenvalue weighted by Crippen LogP contribution is 2.22. The number of carboxylic acids is 1. The molecule has 0 fully saturated rings. The van der Waals surface area contributed by atoms with E-state index in [0.717, 1.165) is 10.8 Å². The van der Waals surface area contributed by atoms with E-state index in [1.807, 2.05) is 12.1 Å². The molecule has 2 N–H and O–H groups in total. The standard InChI is InChI=1S/C14H13N3O2/c15-9-10-3-4-11-5-7-17-14(12(11)8-10)16-6-1-2-13(18)19/h3-5,7-8H,1-2,6H2,(H,16,17)(H,18,19). The number of nitrogens with zero attached hydrogens (tertiary/aromatic N) is 2. The second kappa shape index (κ2) is 5.83. The molecule has 0 aliphatic heterocycles. The Morgan fingerprint density at radius 3 is 3.00 bits per heavy atom. The number of aromatic nitrogens is 1. The van der Waals surface area contributed by atoms with Crippen LogP contribution in [0.3, 0.4) is 0 Å². The third-order valence-electron chi connectivity index (χ3n) is 2.76. The van der Waals surface area contributed by atoms with Crippen molar-refractivity contribution in [2.24, 2.45) is 0 Å².